The van der Waals surface area contributed by atoms with E-state index in [0.29, 0.717) is 5.56 Å². The fourth-order valence-corrected chi connectivity index (χ4v) is 2.39. The van der Waals surface area contributed by atoms with Crippen molar-refractivity contribution in [1.29, 1.82) is 0 Å². The third-order valence-corrected chi connectivity index (χ3v) is 3.78. The van der Waals surface area contributed by atoms with Crippen LogP contribution in [-0.2, 0) is 0 Å². The summed E-state index contributed by atoms with van der Waals surface area (Å²) in [6, 6.07) is 13.4. The molecule has 0 aliphatic carbocycles. The van der Waals surface area contributed by atoms with Crippen LogP contribution in [0.2, 0.25) is 0 Å². The average Bonchev–Trinajstić information content (AvgIpc) is 2.39. The molecule has 0 spiro atoms. The molecule has 2 aromatic carbocycles. The normalized spacial score (nSPS) is 11.9. The van der Waals surface area contributed by atoms with Crippen LogP contribution in [0, 0.1) is 9.39 Å². The van der Waals surface area contributed by atoms with Gasteiger partial charge in [-0.2, -0.15) is 0 Å². The second-order valence-corrected chi connectivity index (χ2v) is 5.39. The minimum absolute atomic E-state index is 0.123. The lowest BCUT2D eigenvalue weighted by Crippen LogP contribution is -2.27. The van der Waals surface area contributed by atoms with E-state index >= 15 is 0 Å². The summed E-state index contributed by atoms with van der Waals surface area (Å²) in [6.07, 6.45) is 0. The van der Waals surface area contributed by atoms with Crippen molar-refractivity contribution < 1.29 is 9.18 Å². The molecule has 98 valence electrons. The highest BCUT2D eigenvalue weighted by Gasteiger charge is 2.13. The van der Waals surface area contributed by atoms with E-state index in [2.05, 4.69) is 27.9 Å². The summed E-state index contributed by atoms with van der Waals surface area (Å²) in [5.41, 5.74) is 1.53. The van der Waals surface area contributed by atoms with Crippen molar-refractivity contribution in [3.05, 3.63) is 69.0 Å². The van der Waals surface area contributed by atoms with Crippen LogP contribution in [-0.4, -0.2) is 5.91 Å². The molecule has 1 amide bonds. The second kappa shape index (κ2) is 6.14. The van der Waals surface area contributed by atoms with Gasteiger partial charge >= 0.3 is 0 Å². The Balaban J connectivity index is 2.11. The molecule has 0 heterocycles. The van der Waals surface area contributed by atoms with Crippen LogP contribution in [0.5, 0.6) is 0 Å². The smallest absolute Gasteiger partial charge is 0.252 e. The van der Waals surface area contributed by atoms with E-state index in [-0.39, 0.29) is 17.8 Å². The number of benzene rings is 2. The topological polar surface area (TPSA) is 29.1 Å². The fraction of sp³-hybridized carbons (Fsp3) is 0.133. The van der Waals surface area contributed by atoms with E-state index < -0.39 is 0 Å². The van der Waals surface area contributed by atoms with Crippen molar-refractivity contribution >= 4 is 28.5 Å². The van der Waals surface area contributed by atoms with Crippen molar-refractivity contribution in [2.75, 3.05) is 0 Å². The maximum absolute atomic E-state index is 12.8. The Kier molecular flexibility index (Phi) is 4.52. The first kappa shape index (κ1) is 14.0. The summed E-state index contributed by atoms with van der Waals surface area (Å²) < 4.78 is 13.7. The molecule has 4 heteroatoms. The predicted molar refractivity (Wildman–Crippen MR) is 81.4 cm³/mol. The Bertz CT molecular complexity index is 583. The highest BCUT2D eigenvalue weighted by atomic mass is 127. The van der Waals surface area contributed by atoms with Crippen LogP contribution in [0.4, 0.5) is 4.39 Å². The van der Waals surface area contributed by atoms with E-state index in [1.807, 2.05) is 25.1 Å². The zero-order valence-corrected chi connectivity index (χ0v) is 12.5. The zero-order valence-electron chi connectivity index (χ0n) is 10.4. The molecule has 0 unspecified atom stereocenters. The lowest BCUT2D eigenvalue weighted by atomic mass is 10.1. The number of carbonyl (C=O) groups excluding carboxylic acids is 1. The lowest BCUT2D eigenvalue weighted by molar-refractivity contribution is 0.0939. The van der Waals surface area contributed by atoms with Gasteiger partial charge in [-0.25, -0.2) is 4.39 Å². The van der Waals surface area contributed by atoms with E-state index in [1.54, 1.807) is 18.2 Å². The highest BCUT2D eigenvalue weighted by Crippen LogP contribution is 2.16. The standard InChI is InChI=1S/C15H13FINO/c1-10(11-6-8-12(16)9-7-11)18-15(19)13-4-2-3-5-14(13)17/h2-10H,1H3,(H,18,19)/t10-/m1/s1. The molecule has 0 aliphatic rings. The molecule has 0 radical (unpaired) electrons. The van der Waals surface area contributed by atoms with E-state index in [9.17, 15) is 9.18 Å². The number of amides is 1. The third kappa shape index (κ3) is 3.53. The molecule has 1 atom stereocenters. The molecule has 1 N–H and O–H groups in total. The summed E-state index contributed by atoms with van der Waals surface area (Å²) >= 11 is 2.13. The third-order valence-electron chi connectivity index (χ3n) is 2.84. The molecule has 0 aliphatic heterocycles. The van der Waals surface area contributed by atoms with Crippen LogP contribution in [0.1, 0.15) is 28.9 Å². The largest absolute Gasteiger partial charge is 0.345 e. The first-order valence-electron chi connectivity index (χ1n) is 5.89. The molecule has 0 saturated heterocycles. The SMILES string of the molecule is C[C@@H](NC(=O)c1ccccc1I)c1ccc(F)cc1. The van der Waals surface area contributed by atoms with Gasteiger partial charge < -0.3 is 5.32 Å². The Morgan fingerprint density at radius 1 is 1.16 bits per heavy atom. The van der Waals surface area contributed by atoms with Crippen LogP contribution < -0.4 is 5.32 Å². The molecule has 0 aromatic heterocycles. The molecular formula is C15H13FINO. The van der Waals surface area contributed by atoms with Crippen molar-refractivity contribution in [3.8, 4) is 0 Å². The summed E-state index contributed by atoms with van der Waals surface area (Å²) in [7, 11) is 0. The van der Waals surface area contributed by atoms with Gasteiger partial charge in [0.25, 0.3) is 5.91 Å². The molecule has 2 rings (SSSR count). The van der Waals surface area contributed by atoms with Crippen LogP contribution in [0.15, 0.2) is 48.5 Å². The Hall–Kier alpha value is -1.43. The van der Waals surface area contributed by atoms with E-state index in [1.165, 1.54) is 12.1 Å². The molecule has 0 bridgehead atoms. The van der Waals surface area contributed by atoms with Crippen molar-refractivity contribution in [2.24, 2.45) is 0 Å². The lowest BCUT2D eigenvalue weighted by Gasteiger charge is -2.15. The van der Waals surface area contributed by atoms with Crippen LogP contribution in [0.25, 0.3) is 0 Å². The summed E-state index contributed by atoms with van der Waals surface area (Å²) in [5.74, 6) is -0.401. The van der Waals surface area contributed by atoms with Crippen molar-refractivity contribution in [1.82, 2.24) is 5.32 Å². The minimum atomic E-state index is -0.278. The number of carbonyl (C=O) groups is 1. The van der Waals surface area contributed by atoms with Gasteiger partial charge in [0.1, 0.15) is 5.82 Å². The molecule has 19 heavy (non-hydrogen) atoms. The Morgan fingerprint density at radius 2 is 1.79 bits per heavy atom. The number of hydrogen-bond donors (Lipinski definition) is 1. The van der Waals surface area contributed by atoms with E-state index in [4.69, 9.17) is 0 Å². The first-order valence-corrected chi connectivity index (χ1v) is 6.96. The summed E-state index contributed by atoms with van der Waals surface area (Å²) in [5, 5.41) is 2.91. The molecule has 0 saturated carbocycles. The predicted octanol–water partition coefficient (Wildman–Crippen LogP) is 3.92. The maximum Gasteiger partial charge on any atom is 0.252 e. The number of hydrogen-bond acceptors (Lipinski definition) is 1. The van der Waals surface area contributed by atoms with Gasteiger partial charge in [-0.05, 0) is 59.3 Å². The average molecular weight is 369 g/mol. The molecule has 2 nitrogen and oxygen atoms in total. The van der Waals surface area contributed by atoms with Crippen molar-refractivity contribution in [3.63, 3.8) is 0 Å². The van der Waals surface area contributed by atoms with Crippen LogP contribution in [0.3, 0.4) is 0 Å². The Labute approximate surface area is 125 Å². The number of nitrogens with one attached hydrogen (secondary N) is 1. The monoisotopic (exact) mass is 369 g/mol. The number of rotatable bonds is 3. The fourth-order valence-electron chi connectivity index (χ4n) is 1.75. The Morgan fingerprint density at radius 3 is 2.42 bits per heavy atom. The quantitative estimate of drug-likeness (QED) is 0.817. The van der Waals surface area contributed by atoms with Gasteiger partial charge in [0.2, 0.25) is 0 Å². The van der Waals surface area contributed by atoms with Gasteiger partial charge in [-0.15, -0.1) is 0 Å². The summed E-state index contributed by atoms with van der Waals surface area (Å²) in [4.78, 5) is 12.1. The van der Waals surface area contributed by atoms with Gasteiger partial charge in [-0.1, -0.05) is 24.3 Å². The van der Waals surface area contributed by atoms with Gasteiger partial charge in [-0.3, -0.25) is 4.79 Å². The van der Waals surface area contributed by atoms with E-state index in [0.717, 1.165) is 9.13 Å². The minimum Gasteiger partial charge on any atom is -0.345 e. The highest BCUT2D eigenvalue weighted by molar-refractivity contribution is 14.1. The molecule has 2 aromatic rings. The molecule has 0 fully saturated rings. The zero-order chi connectivity index (χ0) is 13.8. The summed E-state index contributed by atoms with van der Waals surface area (Å²) in [6.45, 7) is 1.88. The second-order valence-electron chi connectivity index (χ2n) is 4.23. The maximum atomic E-state index is 12.8. The van der Waals surface area contributed by atoms with Gasteiger partial charge in [0.15, 0.2) is 0 Å². The van der Waals surface area contributed by atoms with Crippen LogP contribution >= 0.6 is 22.6 Å². The van der Waals surface area contributed by atoms with Gasteiger partial charge in [0, 0.05) is 3.57 Å². The van der Waals surface area contributed by atoms with Gasteiger partial charge in [0.05, 0.1) is 11.6 Å². The first-order chi connectivity index (χ1) is 9.08. The molecular weight excluding hydrogens is 356 g/mol. The van der Waals surface area contributed by atoms with Crippen molar-refractivity contribution in [2.45, 2.75) is 13.0 Å². The number of halogens is 2.